The Hall–Kier alpha value is -1.79. The normalized spacial score (nSPS) is 16.9. The van der Waals surface area contributed by atoms with Crippen LogP contribution in [0.4, 0.5) is 8.78 Å². The molecule has 1 aliphatic rings. The Morgan fingerprint density at radius 2 is 2.15 bits per heavy atom. The summed E-state index contributed by atoms with van der Waals surface area (Å²) < 4.78 is 29.3. The van der Waals surface area contributed by atoms with Gasteiger partial charge < -0.3 is 10.3 Å². The molecule has 2 aromatic rings. The maximum absolute atomic E-state index is 13.9. The van der Waals surface area contributed by atoms with Crippen molar-refractivity contribution < 1.29 is 8.78 Å². The molecule has 0 saturated carbocycles. The van der Waals surface area contributed by atoms with Gasteiger partial charge in [-0.05, 0) is 18.2 Å². The van der Waals surface area contributed by atoms with Crippen molar-refractivity contribution >= 4 is 0 Å². The molecule has 106 valence electrons. The second-order valence-electron chi connectivity index (χ2n) is 4.92. The van der Waals surface area contributed by atoms with Crippen molar-refractivity contribution in [2.75, 3.05) is 13.1 Å². The molecule has 0 amide bonds. The van der Waals surface area contributed by atoms with Crippen LogP contribution in [0.5, 0.6) is 0 Å². The van der Waals surface area contributed by atoms with Gasteiger partial charge >= 0.3 is 0 Å². The molecule has 0 fully saturated rings. The number of benzene rings is 1. The fourth-order valence-electron chi connectivity index (χ4n) is 2.70. The smallest absolute Gasteiger partial charge is 0.128 e. The number of hydrogen-bond acceptors (Lipinski definition) is 3. The van der Waals surface area contributed by atoms with Gasteiger partial charge in [0.25, 0.3) is 0 Å². The third-order valence-corrected chi connectivity index (χ3v) is 3.76. The van der Waals surface area contributed by atoms with Crippen molar-refractivity contribution in [3.63, 3.8) is 0 Å². The van der Waals surface area contributed by atoms with Gasteiger partial charge in [-0.2, -0.15) is 0 Å². The van der Waals surface area contributed by atoms with Crippen LogP contribution in [0.3, 0.4) is 0 Å². The topological polar surface area (TPSA) is 47.1 Å². The molecular formula is C14H16F2N4. The van der Waals surface area contributed by atoms with E-state index in [4.69, 9.17) is 5.73 Å². The van der Waals surface area contributed by atoms with Crippen molar-refractivity contribution in [2.24, 2.45) is 5.73 Å². The third-order valence-electron chi connectivity index (χ3n) is 3.76. The summed E-state index contributed by atoms with van der Waals surface area (Å²) in [4.78, 5) is 6.31. The van der Waals surface area contributed by atoms with Gasteiger partial charge in [0.05, 0.1) is 12.6 Å². The molecule has 3 rings (SSSR count). The van der Waals surface area contributed by atoms with E-state index in [0.717, 1.165) is 31.0 Å². The van der Waals surface area contributed by atoms with E-state index in [1.54, 1.807) is 6.20 Å². The minimum absolute atomic E-state index is 0.237. The van der Waals surface area contributed by atoms with E-state index in [0.29, 0.717) is 12.1 Å². The molecule has 1 unspecified atom stereocenters. The monoisotopic (exact) mass is 278 g/mol. The number of hydrogen-bond donors (Lipinski definition) is 1. The fraction of sp³-hybridized carbons (Fsp3) is 0.357. The van der Waals surface area contributed by atoms with Gasteiger partial charge in [0.2, 0.25) is 0 Å². The van der Waals surface area contributed by atoms with Crippen LogP contribution in [0.25, 0.3) is 0 Å². The molecule has 0 spiro atoms. The quantitative estimate of drug-likeness (QED) is 0.929. The average molecular weight is 278 g/mol. The first kappa shape index (κ1) is 13.2. The van der Waals surface area contributed by atoms with Crippen LogP contribution in [0.15, 0.2) is 30.6 Å². The van der Waals surface area contributed by atoms with Crippen LogP contribution in [0.1, 0.15) is 17.4 Å². The highest BCUT2D eigenvalue weighted by atomic mass is 19.1. The summed E-state index contributed by atoms with van der Waals surface area (Å²) in [7, 11) is 0. The summed E-state index contributed by atoms with van der Waals surface area (Å²) in [6, 6.07) is 3.16. The van der Waals surface area contributed by atoms with Gasteiger partial charge in [-0.15, -0.1) is 0 Å². The second-order valence-corrected chi connectivity index (χ2v) is 4.92. The Morgan fingerprint density at radius 1 is 1.30 bits per heavy atom. The van der Waals surface area contributed by atoms with Crippen molar-refractivity contribution in [3.8, 4) is 0 Å². The number of imidazole rings is 1. The highest BCUT2D eigenvalue weighted by molar-refractivity contribution is 5.23. The van der Waals surface area contributed by atoms with Crippen LogP contribution in [-0.4, -0.2) is 27.5 Å². The largest absolute Gasteiger partial charge is 0.333 e. The Kier molecular flexibility index (Phi) is 3.50. The van der Waals surface area contributed by atoms with Gasteiger partial charge in [0.1, 0.15) is 17.5 Å². The summed E-state index contributed by atoms with van der Waals surface area (Å²) in [5.41, 5.74) is 6.10. The first-order valence-electron chi connectivity index (χ1n) is 6.58. The predicted octanol–water partition coefficient (Wildman–Crippen LogP) is 1.68. The van der Waals surface area contributed by atoms with Crippen molar-refractivity contribution in [2.45, 2.75) is 19.1 Å². The number of aromatic nitrogens is 2. The zero-order chi connectivity index (χ0) is 14.1. The zero-order valence-electron chi connectivity index (χ0n) is 11.0. The molecule has 0 aliphatic carbocycles. The van der Waals surface area contributed by atoms with Gasteiger partial charge in [-0.25, -0.2) is 13.8 Å². The maximum atomic E-state index is 13.9. The molecule has 1 aromatic heterocycles. The number of nitrogens with zero attached hydrogens (tertiary/aromatic N) is 3. The molecule has 4 nitrogen and oxygen atoms in total. The fourth-order valence-corrected chi connectivity index (χ4v) is 2.70. The van der Waals surface area contributed by atoms with E-state index in [9.17, 15) is 8.78 Å². The highest BCUT2D eigenvalue weighted by Crippen LogP contribution is 2.26. The minimum Gasteiger partial charge on any atom is -0.333 e. The van der Waals surface area contributed by atoms with Gasteiger partial charge in [0.15, 0.2) is 0 Å². The molecule has 1 aliphatic heterocycles. The standard InChI is InChI=1S/C14H16F2N4/c15-10-1-2-12(16)11(7-10)13(8-17)20-6-5-19-4-3-18-14(19)9-20/h1-4,7,13H,5-6,8-9,17H2. The molecular weight excluding hydrogens is 262 g/mol. The molecule has 0 bridgehead atoms. The first-order valence-corrected chi connectivity index (χ1v) is 6.58. The SMILES string of the molecule is NCC(c1cc(F)ccc1F)N1CCn2ccnc2C1. The Bertz CT molecular complexity index is 611. The summed E-state index contributed by atoms with van der Waals surface area (Å²) >= 11 is 0. The van der Waals surface area contributed by atoms with Gasteiger partial charge in [-0.3, -0.25) is 4.90 Å². The van der Waals surface area contributed by atoms with Crippen LogP contribution >= 0.6 is 0 Å². The van der Waals surface area contributed by atoms with E-state index >= 15 is 0 Å². The molecule has 2 N–H and O–H groups in total. The molecule has 0 radical (unpaired) electrons. The average Bonchev–Trinajstić information content (AvgIpc) is 2.91. The molecule has 0 saturated heterocycles. The van der Waals surface area contributed by atoms with Gasteiger partial charge in [0, 0.05) is 37.6 Å². The Morgan fingerprint density at radius 3 is 2.95 bits per heavy atom. The summed E-state index contributed by atoms with van der Waals surface area (Å²) in [6.07, 6.45) is 3.67. The van der Waals surface area contributed by atoms with Crippen molar-refractivity contribution in [3.05, 3.63) is 53.6 Å². The Balaban J connectivity index is 1.89. The highest BCUT2D eigenvalue weighted by Gasteiger charge is 2.26. The van der Waals surface area contributed by atoms with Crippen molar-refractivity contribution in [1.82, 2.24) is 14.5 Å². The van der Waals surface area contributed by atoms with Gasteiger partial charge in [-0.1, -0.05) is 0 Å². The second kappa shape index (κ2) is 5.30. The lowest BCUT2D eigenvalue weighted by Crippen LogP contribution is -2.40. The third kappa shape index (κ3) is 2.32. The summed E-state index contributed by atoms with van der Waals surface area (Å²) in [5, 5.41) is 0. The lowest BCUT2D eigenvalue weighted by Gasteiger charge is -2.34. The number of fused-ring (bicyclic) bond motifs is 1. The van der Waals surface area contributed by atoms with Crippen LogP contribution in [0.2, 0.25) is 0 Å². The summed E-state index contributed by atoms with van der Waals surface area (Å²) in [6.45, 7) is 2.34. The van der Waals surface area contributed by atoms with Crippen LogP contribution in [0, 0.1) is 11.6 Å². The number of rotatable bonds is 3. The first-order chi connectivity index (χ1) is 9.69. The molecule has 20 heavy (non-hydrogen) atoms. The molecule has 2 heterocycles. The lowest BCUT2D eigenvalue weighted by atomic mass is 10.0. The molecule has 1 atom stereocenters. The lowest BCUT2D eigenvalue weighted by molar-refractivity contribution is 0.153. The van der Waals surface area contributed by atoms with E-state index in [-0.39, 0.29) is 12.6 Å². The van der Waals surface area contributed by atoms with E-state index in [2.05, 4.69) is 9.55 Å². The van der Waals surface area contributed by atoms with Crippen LogP contribution < -0.4 is 5.73 Å². The zero-order valence-corrected chi connectivity index (χ0v) is 11.0. The van der Waals surface area contributed by atoms with E-state index in [1.165, 1.54) is 6.07 Å². The maximum Gasteiger partial charge on any atom is 0.128 e. The van der Waals surface area contributed by atoms with E-state index in [1.807, 2.05) is 11.1 Å². The van der Waals surface area contributed by atoms with E-state index < -0.39 is 11.6 Å². The Labute approximate surface area is 115 Å². The molecule has 1 aromatic carbocycles. The minimum atomic E-state index is -0.446. The summed E-state index contributed by atoms with van der Waals surface area (Å²) in [5.74, 6) is 0.0561. The number of halogens is 2. The van der Waals surface area contributed by atoms with Crippen molar-refractivity contribution in [1.29, 1.82) is 0 Å². The van der Waals surface area contributed by atoms with Crippen LogP contribution in [-0.2, 0) is 13.1 Å². The number of nitrogens with two attached hydrogens (primary N) is 1. The molecule has 6 heteroatoms. The predicted molar refractivity (Wildman–Crippen MR) is 70.8 cm³/mol.